The summed E-state index contributed by atoms with van der Waals surface area (Å²) in [6, 6.07) is 16.6. The molecule has 3 aromatic rings. The second-order valence-corrected chi connectivity index (χ2v) is 8.53. The lowest BCUT2D eigenvalue weighted by Gasteiger charge is -2.13. The molecule has 0 aliphatic carbocycles. The number of aryl methyl sites for hydroxylation is 2. The van der Waals surface area contributed by atoms with E-state index in [0.717, 1.165) is 45.3 Å². The van der Waals surface area contributed by atoms with E-state index in [4.69, 9.17) is 4.74 Å². The highest BCUT2D eigenvalue weighted by Crippen LogP contribution is 2.25. The molecule has 1 aliphatic heterocycles. The van der Waals surface area contributed by atoms with E-state index in [0.29, 0.717) is 12.3 Å². The highest BCUT2D eigenvalue weighted by atomic mass is 16.5. The Labute approximate surface area is 210 Å². The summed E-state index contributed by atoms with van der Waals surface area (Å²) in [4.78, 5) is 39.0. The van der Waals surface area contributed by atoms with Crippen molar-refractivity contribution in [3.05, 3.63) is 82.8 Å². The van der Waals surface area contributed by atoms with Gasteiger partial charge in [0.2, 0.25) is 5.91 Å². The van der Waals surface area contributed by atoms with E-state index in [-0.39, 0.29) is 12.2 Å². The van der Waals surface area contributed by atoms with Crippen molar-refractivity contribution in [1.82, 2.24) is 14.8 Å². The molecule has 0 radical (unpaired) electrons. The summed E-state index contributed by atoms with van der Waals surface area (Å²) in [5.74, 6) is -0.174. The van der Waals surface area contributed by atoms with Gasteiger partial charge in [0.1, 0.15) is 18.0 Å². The predicted octanol–water partition coefficient (Wildman–Crippen LogP) is 4.59. The van der Waals surface area contributed by atoms with Gasteiger partial charge in [-0.05, 0) is 80.8 Å². The summed E-state index contributed by atoms with van der Waals surface area (Å²) in [7, 11) is 0. The standard InChI is InChI=1S/C28H30N4O4/c1-5-20-9-7-8-10-24(20)29-26(33)17-31-27(34)25(30-28(31)35)16-21-15-18(3)32(19(21)4)22-11-13-23(14-12-22)36-6-2/h7-16H,5-6,17H2,1-4H3,(H,29,33)(H,30,35)/b25-16+. The third kappa shape index (κ3) is 5.02. The Kier molecular flexibility index (Phi) is 7.24. The number of anilines is 1. The average Bonchev–Trinajstić information content (AvgIpc) is 3.29. The van der Waals surface area contributed by atoms with Crippen molar-refractivity contribution in [2.24, 2.45) is 0 Å². The van der Waals surface area contributed by atoms with Crippen LogP contribution >= 0.6 is 0 Å². The van der Waals surface area contributed by atoms with Gasteiger partial charge in [-0.2, -0.15) is 0 Å². The number of amides is 4. The molecular weight excluding hydrogens is 456 g/mol. The Morgan fingerprint density at radius 2 is 1.78 bits per heavy atom. The van der Waals surface area contributed by atoms with Crippen LogP contribution in [-0.2, 0) is 16.0 Å². The largest absolute Gasteiger partial charge is 0.494 e. The van der Waals surface area contributed by atoms with Gasteiger partial charge in [0.25, 0.3) is 5.91 Å². The van der Waals surface area contributed by atoms with E-state index < -0.39 is 17.8 Å². The first-order valence-corrected chi connectivity index (χ1v) is 12.0. The van der Waals surface area contributed by atoms with Gasteiger partial charge < -0.3 is 19.9 Å². The number of ether oxygens (including phenoxy) is 1. The fourth-order valence-corrected chi connectivity index (χ4v) is 4.34. The number of imide groups is 1. The SMILES string of the molecule is CCOc1ccc(-n2c(C)cc(/C=C3/NC(=O)N(CC(=O)Nc4ccccc4CC)C3=O)c2C)cc1. The third-order valence-electron chi connectivity index (χ3n) is 6.11. The second-order valence-electron chi connectivity index (χ2n) is 8.53. The normalized spacial score (nSPS) is 14.3. The lowest BCUT2D eigenvalue weighted by atomic mass is 10.1. The number of urea groups is 1. The Balaban J connectivity index is 1.51. The van der Waals surface area contributed by atoms with Gasteiger partial charge in [-0.3, -0.25) is 9.59 Å². The van der Waals surface area contributed by atoms with Crippen LogP contribution in [0.15, 0.2) is 60.3 Å². The number of benzene rings is 2. The van der Waals surface area contributed by atoms with Gasteiger partial charge in [-0.15, -0.1) is 0 Å². The van der Waals surface area contributed by atoms with Crippen LogP contribution in [0.5, 0.6) is 5.75 Å². The fraction of sp³-hybridized carbons (Fsp3) is 0.250. The van der Waals surface area contributed by atoms with Crippen molar-refractivity contribution >= 4 is 29.6 Å². The van der Waals surface area contributed by atoms with Crippen molar-refractivity contribution in [3.8, 4) is 11.4 Å². The lowest BCUT2D eigenvalue weighted by Crippen LogP contribution is -2.38. The van der Waals surface area contributed by atoms with Crippen molar-refractivity contribution in [2.45, 2.75) is 34.1 Å². The molecule has 1 saturated heterocycles. The minimum Gasteiger partial charge on any atom is -0.494 e. The molecule has 0 saturated carbocycles. The Morgan fingerprint density at radius 3 is 2.47 bits per heavy atom. The molecule has 186 valence electrons. The van der Waals surface area contributed by atoms with Crippen LogP contribution in [-0.4, -0.2) is 40.5 Å². The van der Waals surface area contributed by atoms with Crippen LogP contribution in [0.25, 0.3) is 11.8 Å². The molecule has 0 spiro atoms. The first-order valence-electron chi connectivity index (χ1n) is 12.0. The molecular formula is C28H30N4O4. The highest BCUT2D eigenvalue weighted by Gasteiger charge is 2.35. The molecule has 8 heteroatoms. The zero-order chi connectivity index (χ0) is 25.8. The van der Waals surface area contributed by atoms with Crippen molar-refractivity contribution in [3.63, 3.8) is 0 Å². The van der Waals surface area contributed by atoms with Crippen molar-refractivity contribution < 1.29 is 19.1 Å². The summed E-state index contributed by atoms with van der Waals surface area (Å²) in [5.41, 5.74) is 5.44. The number of hydrogen-bond donors (Lipinski definition) is 2. The van der Waals surface area contributed by atoms with Gasteiger partial charge in [-0.1, -0.05) is 25.1 Å². The summed E-state index contributed by atoms with van der Waals surface area (Å²) >= 11 is 0. The predicted molar refractivity (Wildman–Crippen MR) is 139 cm³/mol. The Hall–Kier alpha value is -4.33. The number of nitrogens with zero attached hydrogens (tertiary/aromatic N) is 2. The first kappa shape index (κ1) is 24.8. The summed E-state index contributed by atoms with van der Waals surface area (Å²) in [5, 5.41) is 5.40. The molecule has 0 bridgehead atoms. The number of rotatable bonds is 8. The van der Waals surface area contributed by atoms with Crippen LogP contribution in [0.2, 0.25) is 0 Å². The van der Waals surface area contributed by atoms with Gasteiger partial charge in [0.15, 0.2) is 0 Å². The van der Waals surface area contributed by atoms with Crippen LogP contribution in [0.3, 0.4) is 0 Å². The van der Waals surface area contributed by atoms with Crippen LogP contribution in [0.1, 0.15) is 36.4 Å². The van der Waals surface area contributed by atoms with E-state index in [1.807, 2.05) is 76.2 Å². The van der Waals surface area contributed by atoms with Gasteiger partial charge >= 0.3 is 6.03 Å². The Bertz CT molecular complexity index is 1340. The maximum Gasteiger partial charge on any atom is 0.329 e. The smallest absolute Gasteiger partial charge is 0.329 e. The van der Waals surface area contributed by atoms with Gasteiger partial charge in [-0.25, -0.2) is 9.69 Å². The minimum atomic E-state index is -0.620. The maximum atomic E-state index is 13.0. The van der Waals surface area contributed by atoms with E-state index in [1.54, 1.807) is 12.1 Å². The summed E-state index contributed by atoms with van der Waals surface area (Å²) < 4.78 is 7.59. The summed E-state index contributed by atoms with van der Waals surface area (Å²) in [6.07, 6.45) is 2.40. The molecule has 8 nitrogen and oxygen atoms in total. The number of hydrogen-bond acceptors (Lipinski definition) is 4. The number of para-hydroxylation sites is 1. The van der Waals surface area contributed by atoms with Gasteiger partial charge in [0.05, 0.1) is 6.61 Å². The molecule has 2 aromatic carbocycles. The van der Waals surface area contributed by atoms with E-state index in [1.165, 1.54) is 0 Å². The molecule has 0 unspecified atom stereocenters. The van der Waals surface area contributed by atoms with Crippen LogP contribution in [0, 0.1) is 13.8 Å². The van der Waals surface area contributed by atoms with E-state index in [9.17, 15) is 14.4 Å². The first-order chi connectivity index (χ1) is 17.3. The van der Waals surface area contributed by atoms with Crippen LogP contribution < -0.4 is 15.4 Å². The van der Waals surface area contributed by atoms with Crippen molar-refractivity contribution in [2.75, 3.05) is 18.5 Å². The van der Waals surface area contributed by atoms with E-state index >= 15 is 0 Å². The maximum absolute atomic E-state index is 13.0. The third-order valence-corrected chi connectivity index (χ3v) is 6.11. The van der Waals surface area contributed by atoms with E-state index in [2.05, 4.69) is 15.2 Å². The molecule has 0 atom stereocenters. The lowest BCUT2D eigenvalue weighted by molar-refractivity contribution is -0.127. The average molecular weight is 487 g/mol. The molecule has 1 aromatic heterocycles. The number of aromatic nitrogens is 1. The fourth-order valence-electron chi connectivity index (χ4n) is 4.34. The zero-order valence-electron chi connectivity index (χ0n) is 20.9. The molecule has 2 heterocycles. The molecule has 1 aliphatic rings. The monoisotopic (exact) mass is 486 g/mol. The number of carbonyl (C=O) groups excluding carboxylic acids is 3. The second kappa shape index (κ2) is 10.5. The highest BCUT2D eigenvalue weighted by molar-refractivity contribution is 6.16. The van der Waals surface area contributed by atoms with Crippen LogP contribution in [0.4, 0.5) is 10.5 Å². The molecule has 1 fully saturated rings. The number of nitrogens with one attached hydrogen (secondary N) is 2. The summed E-state index contributed by atoms with van der Waals surface area (Å²) in [6.45, 7) is 8.09. The topological polar surface area (TPSA) is 92.7 Å². The zero-order valence-corrected chi connectivity index (χ0v) is 20.9. The van der Waals surface area contributed by atoms with Gasteiger partial charge in [0, 0.05) is 22.8 Å². The minimum absolute atomic E-state index is 0.133. The Morgan fingerprint density at radius 1 is 1.06 bits per heavy atom. The molecule has 4 rings (SSSR count). The molecule has 4 amide bonds. The van der Waals surface area contributed by atoms with Crippen molar-refractivity contribution in [1.29, 1.82) is 0 Å². The molecule has 36 heavy (non-hydrogen) atoms. The quantitative estimate of drug-likeness (QED) is 0.360. The number of carbonyl (C=O) groups is 3. The molecule has 2 N–H and O–H groups in total.